The molecule has 1 fully saturated rings. The number of unbranched alkanes of at least 4 members (excludes halogenated alkanes) is 1. The molecular weight excluding hydrogens is 388 g/mol. The van der Waals surface area contributed by atoms with Crippen molar-refractivity contribution < 1.29 is 4.74 Å². The lowest BCUT2D eigenvalue weighted by Crippen LogP contribution is -2.11. The van der Waals surface area contributed by atoms with Crippen molar-refractivity contribution in [3.8, 4) is 22.3 Å². The Morgan fingerprint density at radius 2 is 1.22 bits per heavy atom. The second kappa shape index (κ2) is 11.3. The zero-order chi connectivity index (χ0) is 22.2. The highest BCUT2D eigenvalue weighted by molar-refractivity contribution is 5.70. The summed E-state index contributed by atoms with van der Waals surface area (Å²) in [5.74, 6) is 1.52. The molecule has 1 heteroatoms. The molecule has 1 aliphatic rings. The normalized spacial score (nSPS) is 18.8. The van der Waals surface area contributed by atoms with Gasteiger partial charge in [-0.2, -0.15) is 0 Å². The van der Waals surface area contributed by atoms with E-state index in [1.54, 1.807) is 7.11 Å². The molecule has 0 amide bonds. The van der Waals surface area contributed by atoms with Crippen LogP contribution >= 0.6 is 0 Å². The molecule has 1 nitrogen and oxygen atoms in total. The molecule has 166 valence electrons. The number of benzene rings is 3. The predicted octanol–water partition coefficient (Wildman–Crippen LogP) is 8.80. The first kappa shape index (κ1) is 22.6. The summed E-state index contributed by atoms with van der Waals surface area (Å²) in [6.07, 6.45) is 12.6. The van der Waals surface area contributed by atoms with Gasteiger partial charge in [-0.3, -0.25) is 0 Å². The number of hydrogen-bond donors (Lipinski definition) is 0. The molecule has 3 aromatic rings. The maximum absolute atomic E-state index is 5.21. The van der Waals surface area contributed by atoms with Gasteiger partial charge in [-0.25, -0.2) is 0 Å². The monoisotopic (exact) mass is 424 g/mol. The van der Waals surface area contributed by atoms with Crippen molar-refractivity contribution in [2.45, 2.75) is 58.0 Å². The molecule has 0 atom stereocenters. The maximum atomic E-state index is 5.21. The minimum atomic E-state index is 0.659. The van der Waals surface area contributed by atoms with E-state index in [1.165, 1.54) is 71.9 Å². The van der Waals surface area contributed by atoms with Crippen LogP contribution in [0.1, 0.15) is 62.5 Å². The average Bonchev–Trinajstić information content (AvgIpc) is 2.86. The van der Waals surface area contributed by atoms with Crippen LogP contribution in [0.3, 0.4) is 0 Å². The van der Waals surface area contributed by atoms with E-state index in [1.807, 2.05) is 0 Å². The van der Waals surface area contributed by atoms with Crippen LogP contribution in [0, 0.1) is 5.92 Å². The molecule has 0 bridgehead atoms. The Kier molecular flexibility index (Phi) is 7.96. The quantitative estimate of drug-likeness (QED) is 0.328. The van der Waals surface area contributed by atoms with Gasteiger partial charge in [-0.1, -0.05) is 98.3 Å². The first-order chi connectivity index (χ1) is 15.8. The summed E-state index contributed by atoms with van der Waals surface area (Å²) in [5, 5.41) is 0. The Morgan fingerprint density at radius 1 is 0.719 bits per heavy atom. The van der Waals surface area contributed by atoms with Gasteiger partial charge in [0.15, 0.2) is 0 Å². The summed E-state index contributed by atoms with van der Waals surface area (Å²) >= 11 is 0. The topological polar surface area (TPSA) is 9.23 Å². The van der Waals surface area contributed by atoms with Gasteiger partial charge in [0.2, 0.25) is 0 Å². The molecule has 4 rings (SSSR count). The molecule has 0 aliphatic heterocycles. The minimum Gasteiger partial charge on any atom is -0.380 e. The number of allylic oxidation sites excluding steroid dienone is 2. The number of hydrogen-bond acceptors (Lipinski definition) is 1. The molecule has 0 unspecified atom stereocenters. The van der Waals surface area contributed by atoms with Gasteiger partial charge in [0.05, 0.1) is 6.61 Å². The van der Waals surface area contributed by atoms with E-state index >= 15 is 0 Å². The Balaban J connectivity index is 1.37. The van der Waals surface area contributed by atoms with Crippen LogP contribution in [0.2, 0.25) is 0 Å². The van der Waals surface area contributed by atoms with Gasteiger partial charge < -0.3 is 4.74 Å². The number of methoxy groups -OCH3 is 1. The first-order valence-corrected chi connectivity index (χ1v) is 12.2. The summed E-state index contributed by atoms with van der Waals surface area (Å²) in [4.78, 5) is 0. The van der Waals surface area contributed by atoms with E-state index in [9.17, 15) is 0 Å². The molecule has 0 radical (unpaired) electrons. The van der Waals surface area contributed by atoms with E-state index < -0.39 is 0 Å². The van der Waals surface area contributed by atoms with E-state index in [4.69, 9.17) is 4.74 Å². The molecule has 0 heterocycles. The van der Waals surface area contributed by atoms with Crippen LogP contribution in [0.5, 0.6) is 0 Å². The molecule has 1 aliphatic carbocycles. The first-order valence-electron chi connectivity index (χ1n) is 12.2. The summed E-state index contributed by atoms with van der Waals surface area (Å²) in [6, 6.07) is 26.9. The van der Waals surface area contributed by atoms with Crippen molar-refractivity contribution in [1.29, 1.82) is 0 Å². The third-order valence-corrected chi connectivity index (χ3v) is 6.83. The molecule has 0 spiro atoms. The summed E-state index contributed by atoms with van der Waals surface area (Å²) in [7, 11) is 1.73. The molecular formula is C31H36O. The maximum Gasteiger partial charge on any atom is 0.0713 e. The number of ether oxygens (including phenoxy) is 1. The highest BCUT2D eigenvalue weighted by Gasteiger charge is 2.20. The fraction of sp³-hybridized carbons (Fsp3) is 0.355. The van der Waals surface area contributed by atoms with Crippen LogP contribution in [0.25, 0.3) is 22.3 Å². The fourth-order valence-electron chi connectivity index (χ4n) is 4.86. The van der Waals surface area contributed by atoms with Crippen molar-refractivity contribution in [2.24, 2.45) is 5.92 Å². The van der Waals surface area contributed by atoms with Crippen LogP contribution in [-0.4, -0.2) is 7.11 Å². The molecule has 1 saturated carbocycles. The Bertz CT molecular complexity index is 972. The van der Waals surface area contributed by atoms with Gasteiger partial charge >= 0.3 is 0 Å². The lowest BCUT2D eigenvalue weighted by Gasteiger charge is -2.27. The Morgan fingerprint density at radius 3 is 1.72 bits per heavy atom. The van der Waals surface area contributed by atoms with Crippen molar-refractivity contribution in [1.82, 2.24) is 0 Å². The fourth-order valence-corrected chi connectivity index (χ4v) is 4.86. The van der Waals surface area contributed by atoms with Crippen LogP contribution in [0.15, 0.2) is 84.9 Å². The smallest absolute Gasteiger partial charge is 0.0713 e. The van der Waals surface area contributed by atoms with Crippen LogP contribution < -0.4 is 0 Å². The molecule has 3 aromatic carbocycles. The molecule has 0 saturated heterocycles. The van der Waals surface area contributed by atoms with Gasteiger partial charge in [-0.05, 0) is 77.3 Å². The second-order valence-corrected chi connectivity index (χ2v) is 9.16. The van der Waals surface area contributed by atoms with Gasteiger partial charge in [-0.15, -0.1) is 0 Å². The van der Waals surface area contributed by atoms with Crippen LogP contribution in [0.4, 0.5) is 0 Å². The SMILES string of the molecule is CCC/C=C/[C@H]1CC[C@H](c2ccc(-c3ccc(-c4ccc(COC)cc4)cc3)cc2)CC1. The third-order valence-electron chi connectivity index (χ3n) is 6.83. The highest BCUT2D eigenvalue weighted by atomic mass is 16.5. The molecule has 0 N–H and O–H groups in total. The average molecular weight is 425 g/mol. The van der Waals surface area contributed by atoms with Crippen molar-refractivity contribution in [3.63, 3.8) is 0 Å². The molecule has 32 heavy (non-hydrogen) atoms. The van der Waals surface area contributed by atoms with Crippen molar-refractivity contribution >= 4 is 0 Å². The summed E-state index contributed by atoms with van der Waals surface area (Å²) in [6.45, 7) is 2.91. The summed E-state index contributed by atoms with van der Waals surface area (Å²) in [5.41, 5.74) is 7.78. The van der Waals surface area contributed by atoms with Gasteiger partial charge in [0, 0.05) is 7.11 Å². The van der Waals surface area contributed by atoms with Gasteiger partial charge in [0.1, 0.15) is 0 Å². The van der Waals surface area contributed by atoms with Crippen LogP contribution in [-0.2, 0) is 11.3 Å². The Hall–Kier alpha value is -2.64. The highest BCUT2D eigenvalue weighted by Crippen LogP contribution is 2.37. The molecule has 0 aromatic heterocycles. The predicted molar refractivity (Wildman–Crippen MR) is 137 cm³/mol. The lowest BCUT2D eigenvalue weighted by molar-refractivity contribution is 0.185. The third kappa shape index (κ3) is 5.78. The van der Waals surface area contributed by atoms with Crippen molar-refractivity contribution in [3.05, 3.63) is 96.1 Å². The van der Waals surface area contributed by atoms with E-state index in [-0.39, 0.29) is 0 Å². The minimum absolute atomic E-state index is 0.659. The second-order valence-electron chi connectivity index (χ2n) is 9.16. The zero-order valence-corrected chi connectivity index (χ0v) is 19.6. The van der Waals surface area contributed by atoms with E-state index in [2.05, 4.69) is 91.9 Å². The van der Waals surface area contributed by atoms with Gasteiger partial charge in [0.25, 0.3) is 0 Å². The van der Waals surface area contributed by atoms with E-state index in [0.717, 1.165) is 11.8 Å². The van der Waals surface area contributed by atoms with Crippen molar-refractivity contribution in [2.75, 3.05) is 7.11 Å². The zero-order valence-electron chi connectivity index (χ0n) is 19.6. The standard InChI is InChI=1S/C31H36O/c1-3-4-5-6-24-7-11-26(12-8-24)28-15-19-30(20-16-28)31-21-17-29(18-22-31)27-13-9-25(10-14-27)23-32-2/h5-6,9-10,13-22,24,26H,3-4,7-8,11-12,23H2,1-2H3/b6-5+/t24-,26-. The van der Waals surface area contributed by atoms with E-state index in [0.29, 0.717) is 6.61 Å². The summed E-state index contributed by atoms with van der Waals surface area (Å²) < 4.78 is 5.21. The lowest BCUT2D eigenvalue weighted by atomic mass is 9.78. The number of rotatable bonds is 8. The Labute approximate surface area is 194 Å². The largest absolute Gasteiger partial charge is 0.380 e.